The van der Waals surface area contributed by atoms with Gasteiger partial charge in [-0.1, -0.05) is 11.6 Å². The Morgan fingerprint density at radius 2 is 1.75 bits per heavy atom. The summed E-state index contributed by atoms with van der Waals surface area (Å²) in [7, 11) is 0. The molecule has 0 aliphatic heterocycles. The van der Waals surface area contributed by atoms with Crippen LogP contribution in [0.1, 0.15) is 10.4 Å². The zero-order chi connectivity index (χ0) is 14.9. The maximum absolute atomic E-state index is 13.6. The molecule has 1 amide bonds. The molecule has 2 aromatic carbocycles. The summed E-state index contributed by atoms with van der Waals surface area (Å²) in [6.07, 6.45) is 0. The summed E-state index contributed by atoms with van der Waals surface area (Å²) in [6, 6.07) is 5.03. The monoisotopic (exact) mass is 363 g/mol. The van der Waals surface area contributed by atoms with Crippen molar-refractivity contribution in [3.05, 3.63) is 62.8 Å². The molecule has 0 atom stereocenters. The predicted octanol–water partition coefficient (Wildman–Crippen LogP) is 4.77. The number of amides is 1. The molecule has 1 N–H and O–H groups in total. The average Bonchev–Trinajstić information content (AvgIpc) is 2.38. The van der Waals surface area contributed by atoms with Crippen molar-refractivity contribution in [3.8, 4) is 0 Å². The first-order chi connectivity index (χ1) is 9.38. The molecule has 7 heteroatoms. The van der Waals surface area contributed by atoms with Gasteiger partial charge in [-0.2, -0.15) is 0 Å². The lowest BCUT2D eigenvalue weighted by atomic mass is 10.2. The molecule has 0 unspecified atom stereocenters. The van der Waals surface area contributed by atoms with Gasteiger partial charge in [-0.15, -0.1) is 0 Å². The number of rotatable bonds is 2. The Hall–Kier alpha value is -1.53. The van der Waals surface area contributed by atoms with Crippen LogP contribution in [0, 0.1) is 17.5 Å². The second-order valence-electron chi connectivity index (χ2n) is 3.82. The van der Waals surface area contributed by atoms with Gasteiger partial charge in [-0.25, -0.2) is 13.2 Å². The second kappa shape index (κ2) is 5.85. The lowest BCUT2D eigenvalue weighted by molar-refractivity contribution is 0.102. The number of anilines is 1. The van der Waals surface area contributed by atoms with Crippen LogP contribution >= 0.6 is 27.5 Å². The van der Waals surface area contributed by atoms with E-state index in [1.807, 2.05) is 0 Å². The summed E-state index contributed by atoms with van der Waals surface area (Å²) in [4.78, 5) is 11.8. The van der Waals surface area contributed by atoms with Crippen molar-refractivity contribution in [2.75, 3.05) is 5.32 Å². The summed E-state index contributed by atoms with van der Waals surface area (Å²) < 4.78 is 40.2. The van der Waals surface area contributed by atoms with Crippen molar-refractivity contribution in [2.24, 2.45) is 0 Å². The minimum atomic E-state index is -0.925. The van der Waals surface area contributed by atoms with Crippen molar-refractivity contribution in [1.82, 2.24) is 0 Å². The van der Waals surface area contributed by atoms with Gasteiger partial charge in [-0.3, -0.25) is 4.79 Å². The molecule has 0 aromatic heterocycles. The SMILES string of the molecule is O=C(Nc1cc(F)c(Br)cc1F)c1cc(Cl)ccc1F. The summed E-state index contributed by atoms with van der Waals surface area (Å²) in [5, 5.41) is 2.24. The van der Waals surface area contributed by atoms with Crippen molar-refractivity contribution in [3.63, 3.8) is 0 Å². The van der Waals surface area contributed by atoms with E-state index in [4.69, 9.17) is 11.6 Å². The third-order valence-electron chi connectivity index (χ3n) is 2.43. The van der Waals surface area contributed by atoms with Crippen molar-refractivity contribution >= 4 is 39.1 Å². The van der Waals surface area contributed by atoms with Crippen LogP contribution in [0.4, 0.5) is 18.9 Å². The van der Waals surface area contributed by atoms with Crippen molar-refractivity contribution in [2.45, 2.75) is 0 Å². The highest BCUT2D eigenvalue weighted by molar-refractivity contribution is 9.10. The normalized spacial score (nSPS) is 10.4. The Kier molecular flexibility index (Phi) is 4.35. The number of carbonyl (C=O) groups excluding carboxylic acids is 1. The van der Waals surface area contributed by atoms with E-state index in [0.29, 0.717) is 0 Å². The third kappa shape index (κ3) is 3.13. The number of hydrogen-bond acceptors (Lipinski definition) is 1. The fourth-order valence-corrected chi connectivity index (χ4v) is 1.97. The Morgan fingerprint density at radius 3 is 2.45 bits per heavy atom. The largest absolute Gasteiger partial charge is 0.319 e. The van der Waals surface area contributed by atoms with Gasteiger partial charge in [0.15, 0.2) is 0 Å². The highest BCUT2D eigenvalue weighted by atomic mass is 79.9. The van der Waals surface area contributed by atoms with Crippen molar-refractivity contribution in [1.29, 1.82) is 0 Å². The zero-order valence-electron chi connectivity index (χ0n) is 9.68. The van der Waals surface area contributed by atoms with Gasteiger partial charge in [0.1, 0.15) is 17.5 Å². The summed E-state index contributed by atoms with van der Waals surface area (Å²) >= 11 is 8.46. The molecule has 0 saturated heterocycles. The molecule has 0 heterocycles. The standard InChI is InChI=1S/C13H6BrClF3NO/c14-8-4-11(18)12(5-10(8)17)19-13(20)7-3-6(15)1-2-9(7)16/h1-5H,(H,19,20). The second-order valence-corrected chi connectivity index (χ2v) is 5.12. The fraction of sp³-hybridized carbons (Fsp3) is 0. The van der Waals surface area contributed by atoms with Crippen molar-refractivity contribution < 1.29 is 18.0 Å². The van der Waals surface area contributed by atoms with E-state index in [1.165, 1.54) is 6.07 Å². The highest BCUT2D eigenvalue weighted by Gasteiger charge is 2.16. The molecule has 0 fully saturated rings. The van der Waals surface area contributed by atoms with E-state index in [9.17, 15) is 18.0 Å². The van der Waals surface area contributed by atoms with Crippen LogP contribution in [0.5, 0.6) is 0 Å². The number of carbonyl (C=O) groups is 1. The summed E-state index contributed by atoms with van der Waals surface area (Å²) in [5.74, 6) is -3.35. The Labute approximate surface area is 125 Å². The molecule has 0 bridgehead atoms. The van der Waals surface area contributed by atoms with Crippen LogP contribution in [0.3, 0.4) is 0 Å². The summed E-state index contributed by atoms with van der Waals surface area (Å²) in [5.41, 5.74) is -0.754. The number of halogens is 5. The number of hydrogen-bond donors (Lipinski definition) is 1. The molecule has 0 spiro atoms. The van der Waals surface area contributed by atoms with Crippen LogP contribution in [-0.4, -0.2) is 5.91 Å². The maximum atomic E-state index is 13.6. The number of nitrogens with one attached hydrogen (secondary N) is 1. The van der Waals surface area contributed by atoms with E-state index in [2.05, 4.69) is 21.2 Å². The Balaban J connectivity index is 2.32. The minimum absolute atomic E-state index is 0.0815. The first-order valence-electron chi connectivity index (χ1n) is 5.29. The Bertz CT molecular complexity index is 694. The molecule has 104 valence electrons. The first-order valence-corrected chi connectivity index (χ1v) is 6.46. The molecular formula is C13H6BrClF3NO. The molecule has 2 nitrogen and oxygen atoms in total. The molecule has 0 aliphatic rings. The van der Waals surface area contributed by atoms with Gasteiger partial charge in [0, 0.05) is 11.1 Å². The smallest absolute Gasteiger partial charge is 0.258 e. The molecule has 2 aromatic rings. The van der Waals surface area contributed by atoms with Gasteiger partial charge < -0.3 is 5.32 Å². The topological polar surface area (TPSA) is 29.1 Å². The van der Waals surface area contributed by atoms with E-state index < -0.39 is 29.0 Å². The van der Waals surface area contributed by atoms with E-state index in [-0.39, 0.29) is 15.1 Å². The van der Waals surface area contributed by atoms with Gasteiger partial charge in [-0.05, 0) is 40.2 Å². The Morgan fingerprint density at radius 1 is 1.05 bits per heavy atom. The van der Waals surface area contributed by atoms with Crippen LogP contribution in [0.25, 0.3) is 0 Å². The van der Waals surface area contributed by atoms with Crippen LogP contribution in [0.15, 0.2) is 34.8 Å². The van der Waals surface area contributed by atoms with E-state index >= 15 is 0 Å². The van der Waals surface area contributed by atoms with E-state index in [0.717, 1.165) is 24.3 Å². The molecular weight excluding hydrogens is 358 g/mol. The average molecular weight is 365 g/mol. The highest BCUT2D eigenvalue weighted by Crippen LogP contribution is 2.24. The molecule has 0 aliphatic carbocycles. The zero-order valence-corrected chi connectivity index (χ0v) is 12.0. The lowest BCUT2D eigenvalue weighted by Crippen LogP contribution is -2.15. The molecule has 0 radical (unpaired) electrons. The van der Waals surface area contributed by atoms with Gasteiger partial charge in [0.25, 0.3) is 5.91 Å². The lowest BCUT2D eigenvalue weighted by Gasteiger charge is -2.08. The fourth-order valence-electron chi connectivity index (χ4n) is 1.48. The maximum Gasteiger partial charge on any atom is 0.258 e. The van der Waals surface area contributed by atoms with E-state index in [1.54, 1.807) is 0 Å². The predicted molar refractivity (Wildman–Crippen MR) is 73.4 cm³/mol. The quantitative estimate of drug-likeness (QED) is 0.764. The van der Waals surface area contributed by atoms with Crippen LogP contribution in [0.2, 0.25) is 5.02 Å². The minimum Gasteiger partial charge on any atom is -0.319 e. The molecule has 0 saturated carbocycles. The van der Waals surface area contributed by atoms with Crippen LogP contribution in [-0.2, 0) is 0 Å². The van der Waals surface area contributed by atoms with Crippen LogP contribution < -0.4 is 5.32 Å². The first kappa shape index (κ1) is 14.9. The molecule has 20 heavy (non-hydrogen) atoms. The summed E-state index contributed by atoms with van der Waals surface area (Å²) in [6.45, 7) is 0. The number of benzene rings is 2. The van der Waals surface area contributed by atoms with Gasteiger partial charge >= 0.3 is 0 Å². The van der Waals surface area contributed by atoms with Gasteiger partial charge in [0.05, 0.1) is 15.7 Å². The third-order valence-corrected chi connectivity index (χ3v) is 3.27. The van der Waals surface area contributed by atoms with Gasteiger partial charge in [0.2, 0.25) is 0 Å². The molecule has 2 rings (SSSR count).